The van der Waals surface area contributed by atoms with Crippen LogP contribution in [0.4, 0.5) is 11.5 Å². The Morgan fingerprint density at radius 3 is 2.60 bits per heavy atom. The molecule has 25 heavy (non-hydrogen) atoms. The Labute approximate surface area is 150 Å². The molecule has 0 N–H and O–H groups in total. The van der Waals surface area contributed by atoms with Crippen LogP contribution < -0.4 is 9.80 Å². The van der Waals surface area contributed by atoms with Crippen molar-refractivity contribution in [2.75, 3.05) is 62.3 Å². The van der Waals surface area contributed by atoms with Crippen molar-refractivity contribution in [2.24, 2.45) is 0 Å². The molecule has 7 nitrogen and oxygen atoms in total. The smallest absolute Gasteiger partial charge is 0.254 e. The lowest BCUT2D eigenvalue weighted by Gasteiger charge is -2.35. The van der Waals surface area contributed by atoms with E-state index in [-0.39, 0.29) is 5.91 Å². The van der Waals surface area contributed by atoms with Gasteiger partial charge in [0.2, 0.25) is 0 Å². The zero-order valence-electron chi connectivity index (χ0n) is 14.0. The monoisotopic (exact) mass is 359 g/mol. The highest BCUT2D eigenvalue weighted by Crippen LogP contribution is 2.21. The van der Waals surface area contributed by atoms with Crippen molar-refractivity contribution >= 4 is 28.7 Å². The average Bonchev–Trinajstić information content (AvgIpc) is 3.23. The van der Waals surface area contributed by atoms with Crippen molar-refractivity contribution in [1.29, 1.82) is 0 Å². The number of carbonyl (C=O) groups excluding carboxylic acids is 1. The largest absolute Gasteiger partial charge is 0.378 e. The molecule has 2 aromatic heterocycles. The van der Waals surface area contributed by atoms with Gasteiger partial charge >= 0.3 is 0 Å². The van der Waals surface area contributed by atoms with Crippen LogP contribution in [0.25, 0.3) is 0 Å². The predicted octanol–water partition coefficient (Wildman–Crippen LogP) is 1.34. The van der Waals surface area contributed by atoms with E-state index in [0.717, 1.165) is 56.5 Å². The van der Waals surface area contributed by atoms with Gasteiger partial charge in [-0.3, -0.25) is 4.79 Å². The maximum Gasteiger partial charge on any atom is 0.254 e. The lowest BCUT2D eigenvalue weighted by Crippen LogP contribution is -2.49. The fraction of sp³-hybridized carbons (Fsp3) is 0.471. The number of rotatable bonds is 3. The molecule has 0 unspecified atom stereocenters. The molecule has 0 atom stereocenters. The summed E-state index contributed by atoms with van der Waals surface area (Å²) in [5, 5.41) is 12.3. The van der Waals surface area contributed by atoms with Crippen molar-refractivity contribution in [1.82, 2.24) is 15.1 Å². The van der Waals surface area contributed by atoms with Gasteiger partial charge in [0.15, 0.2) is 5.82 Å². The number of hydrogen-bond acceptors (Lipinski definition) is 7. The zero-order chi connectivity index (χ0) is 17.1. The first-order valence-corrected chi connectivity index (χ1v) is 9.47. The molecule has 0 aromatic carbocycles. The molecule has 2 aliphatic rings. The van der Waals surface area contributed by atoms with Crippen LogP contribution in [0.5, 0.6) is 0 Å². The Kier molecular flexibility index (Phi) is 4.80. The van der Waals surface area contributed by atoms with E-state index in [0.29, 0.717) is 13.1 Å². The van der Waals surface area contributed by atoms with E-state index in [1.54, 1.807) is 11.3 Å². The van der Waals surface area contributed by atoms with Gasteiger partial charge in [-0.15, -0.1) is 5.10 Å². The molecule has 8 heteroatoms. The fourth-order valence-corrected chi connectivity index (χ4v) is 3.83. The second-order valence-corrected chi connectivity index (χ2v) is 6.94. The third-order valence-electron chi connectivity index (χ3n) is 4.66. The number of thiophene rings is 1. The van der Waals surface area contributed by atoms with Crippen molar-refractivity contribution in [2.45, 2.75) is 0 Å². The second-order valence-electron chi connectivity index (χ2n) is 6.16. The first kappa shape index (κ1) is 16.3. The molecule has 2 aliphatic heterocycles. The van der Waals surface area contributed by atoms with Crippen molar-refractivity contribution in [3.8, 4) is 0 Å². The number of piperazine rings is 1. The molecule has 1 amide bonds. The van der Waals surface area contributed by atoms with Gasteiger partial charge in [0.05, 0.1) is 30.7 Å². The lowest BCUT2D eigenvalue weighted by molar-refractivity contribution is 0.0747. The number of amides is 1. The molecule has 0 bridgehead atoms. The first-order chi connectivity index (χ1) is 12.3. The van der Waals surface area contributed by atoms with E-state index >= 15 is 0 Å². The number of aromatic nitrogens is 2. The van der Waals surface area contributed by atoms with Gasteiger partial charge < -0.3 is 19.4 Å². The Morgan fingerprint density at radius 2 is 1.88 bits per heavy atom. The number of carbonyl (C=O) groups is 1. The van der Waals surface area contributed by atoms with Crippen LogP contribution in [-0.4, -0.2) is 73.5 Å². The quantitative estimate of drug-likeness (QED) is 0.824. The second kappa shape index (κ2) is 7.37. The number of hydrogen-bond donors (Lipinski definition) is 0. The summed E-state index contributed by atoms with van der Waals surface area (Å²) in [7, 11) is 0. The van der Waals surface area contributed by atoms with E-state index < -0.39 is 0 Å². The van der Waals surface area contributed by atoms with Crippen molar-refractivity contribution < 1.29 is 9.53 Å². The lowest BCUT2D eigenvalue weighted by atomic mass is 10.2. The van der Waals surface area contributed by atoms with E-state index in [4.69, 9.17) is 4.74 Å². The summed E-state index contributed by atoms with van der Waals surface area (Å²) >= 11 is 1.55. The summed E-state index contributed by atoms with van der Waals surface area (Å²) in [5.74, 6) is 1.00. The highest BCUT2D eigenvalue weighted by atomic mass is 32.1. The van der Waals surface area contributed by atoms with E-state index in [1.807, 2.05) is 27.9 Å². The number of nitrogens with zero attached hydrogens (tertiary/aromatic N) is 5. The Bertz CT molecular complexity index is 710. The van der Waals surface area contributed by atoms with Crippen LogP contribution in [0.1, 0.15) is 10.4 Å². The molecule has 0 spiro atoms. The van der Waals surface area contributed by atoms with Crippen LogP contribution in [0.15, 0.2) is 29.1 Å². The Morgan fingerprint density at radius 1 is 1.08 bits per heavy atom. The SMILES string of the molecule is O=C(c1ccsc1)N1CCN(c2cc(N3CCOCC3)cnn2)CC1. The summed E-state index contributed by atoms with van der Waals surface area (Å²) < 4.78 is 5.41. The molecule has 0 saturated carbocycles. The van der Waals surface area contributed by atoms with Gasteiger partial charge in [0.25, 0.3) is 5.91 Å². The standard InChI is InChI=1S/C17H21N5O2S/c23-17(14-1-10-25-13-14)22-4-2-21(3-5-22)16-11-15(12-18-19-16)20-6-8-24-9-7-20/h1,10-13H,2-9H2. The van der Waals surface area contributed by atoms with Gasteiger partial charge in [-0.1, -0.05) is 0 Å². The number of ether oxygens (including phenoxy) is 1. The molecular weight excluding hydrogens is 338 g/mol. The summed E-state index contributed by atoms with van der Waals surface area (Å²) in [6, 6.07) is 3.98. The van der Waals surface area contributed by atoms with Crippen LogP contribution in [0.2, 0.25) is 0 Å². The van der Waals surface area contributed by atoms with Crippen LogP contribution >= 0.6 is 11.3 Å². The van der Waals surface area contributed by atoms with Gasteiger partial charge in [-0.25, -0.2) is 0 Å². The highest BCUT2D eigenvalue weighted by Gasteiger charge is 2.24. The van der Waals surface area contributed by atoms with Crippen molar-refractivity contribution in [3.05, 3.63) is 34.7 Å². The third-order valence-corrected chi connectivity index (χ3v) is 5.35. The van der Waals surface area contributed by atoms with Crippen molar-refractivity contribution in [3.63, 3.8) is 0 Å². The molecule has 2 saturated heterocycles. The van der Waals surface area contributed by atoms with Crippen LogP contribution in [0.3, 0.4) is 0 Å². The Hall–Kier alpha value is -2.19. The number of morpholine rings is 1. The summed E-state index contributed by atoms with van der Waals surface area (Å²) in [6.07, 6.45) is 1.81. The minimum Gasteiger partial charge on any atom is -0.378 e. The first-order valence-electron chi connectivity index (χ1n) is 8.53. The molecule has 4 heterocycles. The molecule has 0 aliphatic carbocycles. The Balaban J connectivity index is 1.40. The zero-order valence-corrected chi connectivity index (χ0v) is 14.8. The fourth-order valence-electron chi connectivity index (χ4n) is 3.20. The molecule has 132 valence electrons. The molecule has 2 fully saturated rings. The van der Waals surface area contributed by atoms with E-state index in [9.17, 15) is 4.79 Å². The summed E-state index contributed by atoms with van der Waals surface area (Å²) in [4.78, 5) is 18.8. The predicted molar refractivity (Wildman–Crippen MR) is 97.5 cm³/mol. The maximum atomic E-state index is 12.4. The van der Waals surface area contributed by atoms with Gasteiger partial charge in [-0.05, 0) is 11.4 Å². The van der Waals surface area contributed by atoms with E-state index in [1.165, 1.54) is 0 Å². The summed E-state index contributed by atoms with van der Waals surface area (Å²) in [6.45, 7) is 6.23. The molecular formula is C17H21N5O2S. The van der Waals surface area contributed by atoms with Gasteiger partial charge in [-0.2, -0.15) is 16.4 Å². The summed E-state index contributed by atoms with van der Waals surface area (Å²) in [5.41, 5.74) is 1.87. The van der Waals surface area contributed by atoms with Crippen LogP contribution in [0, 0.1) is 0 Å². The molecule has 4 rings (SSSR count). The number of anilines is 2. The van der Waals surface area contributed by atoms with Gasteiger partial charge in [0, 0.05) is 50.7 Å². The third kappa shape index (κ3) is 3.59. The topological polar surface area (TPSA) is 61.8 Å². The van der Waals surface area contributed by atoms with E-state index in [2.05, 4.69) is 26.1 Å². The van der Waals surface area contributed by atoms with Gasteiger partial charge in [0.1, 0.15) is 0 Å². The average molecular weight is 359 g/mol. The molecule has 2 aromatic rings. The minimum absolute atomic E-state index is 0.119. The molecule has 0 radical (unpaired) electrons. The maximum absolute atomic E-state index is 12.4. The van der Waals surface area contributed by atoms with Crippen LogP contribution in [-0.2, 0) is 4.74 Å². The normalized spacial score (nSPS) is 18.5. The highest BCUT2D eigenvalue weighted by molar-refractivity contribution is 7.08. The minimum atomic E-state index is 0.119.